The second kappa shape index (κ2) is 6.91. The van der Waals surface area contributed by atoms with Crippen molar-refractivity contribution in [3.63, 3.8) is 0 Å². The number of benzene rings is 1. The SMILES string of the molecule is CCCc1nc2ccc(F)cn2c1C(=O)Nc1cc([N+](=O)[O-])ccc1C. The van der Waals surface area contributed by atoms with Gasteiger partial charge in [0.05, 0.1) is 16.3 Å². The topological polar surface area (TPSA) is 89.5 Å². The standard InChI is InChI=1S/C18H17FN4O3/c1-3-4-14-17(22-10-12(19)6-8-16(22)20-14)18(24)21-15-9-13(23(25)26)7-5-11(15)2/h5-10H,3-4H2,1-2H3,(H,21,24). The third kappa shape index (κ3) is 3.26. The van der Waals surface area contributed by atoms with Gasteiger partial charge in [0.25, 0.3) is 11.6 Å². The van der Waals surface area contributed by atoms with E-state index in [1.165, 1.54) is 34.9 Å². The molecule has 26 heavy (non-hydrogen) atoms. The summed E-state index contributed by atoms with van der Waals surface area (Å²) in [7, 11) is 0. The number of pyridine rings is 1. The molecule has 0 aliphatic carbocycles. The van der Waals surface area contributed by atoms with Crippen molar-refractivity contribution < 1.29 is 14.1 Å². The molecule has 8 heteroatoms. The Labute approximate surface area is 148 Å². The molecule has 1 aromatic carbocycles. The molecular weight excluding hydrogens is 339 g/mol. The lowest BCUT2D eigenvalue weighted by molar-refractivity contribution is -0.384. The minimum absolute atomic E-state index is 0.121. The van der Waals surface area contributed by atoms with E-state index in [1.54, 1.807) is 13.0 Å². The summed E-state index contributed by atoms with van der Waals surface area (Å²) in [6.45, 7) is 3.69. The van der Waals surface area contributed by atoms with Crippen LogP contribution in [0.2, 0.25) is 0 Å². The van der Waals surface area contributed by atoms with Crippen LogP contribution in [-0.2, 0) is 6.42 Å². The van der Waals surface area contributed by atoms with Crippen molar-refractivity contribution in [3.8, 4) is 0 Å². The molecule has 1 amide bonds. The highest BCUT2D eigenvalue weighted by atomic mass is 19.1. The predicted molar refractivity (Wildman–Crippen MR) is 94.9 cm³/mol. The van der Waals surface area contributed by atoms with Crippen molar-refractivity contribution in [2.75, 3.05) is 5.32 Å². The predicted octanol–water partition coefficient (Wildman–Crippen LogP) is 3.89. The molecule has 0 atom stereocenters. The van der Waals surface area contributed by atoms with Gasteiger partial charge in [0.1, 0.15) is 17.2 Å². The molecule has 0 aliphatic heterocycles. The van der Waals surface area contributed by atoms with Gasteiger partial charge in [-0.2, -0.15) is 0 Å². The quantitative estimate of drug-likeness (QED) is 0.555. The van der Waals surface area contributed by atoms with E-state index in [4.69, 9.17) is 0 Å². The lowest BCUT2D eigenvalue weighted by Crippen LogP contribution is -2.17. The van der Waals surface area contributed by atoms with Gasteiger partial charge in [0, 0.05) is 18.3 Å². The number of imidazole rings is 1. The number of nitro groups is 1. The van der Waals surface area contributed by atoms with E-state index < -0.39 is 16.6 Å². The molecule has 1 N–H and O–H groups in total. The summed E-state index contributed by atoms with van der Waals surface area (Å²) < 4.78 is 15.1. The number of nitrogens with one attached hydrogen (secondary N) is 1. The Hall–Kier alpha value is -3.29. The summed E-state index contributed by atoms with van der Waals surface area (Å²) in [5.74, 6) is -0.978. The van der Waals surface area contributed by atoms with Gasteiger partial charge in [-0.15, -0.1) is 0 Å². The first-order chi connectivity index (χ1) is 12.4. The highest BCUT2D eigenvalue weighted by molar-refractivity contribution is 6.05. The van der Waals surface area contributed by atoms with Gasteiger partial charge in [-0.3, -0.25) is 19.3 Å². The number of aryl methyl sites for hydroxylation is 2. The number of nitrogens with zero attached hydrogens (tertiary/aromatic N) is 3. The number of hydrogen-bond donors (Lipinski definition) is 1. The van der Waals surface area contributed by atoms with E-state index in [0.717, 1.165) is 6.42 Å². The summed E-state index contributed by atoms with van der Waals surface area (Å²) in [5, 5.41) is 13.7. The Morgan fingerprint density at radius 1 is 1.35 bits per heavy atom. The number of carbonyl (C=O) groups excluding carboxylic acids is 1. The van der Waals surface area contributed by atoms with Crippen LogP contribution in [0.25, 0.3) is 5.65 Å². The van der Waals surface area contributed by atoms with Crippen LogP contribution in [0.5, 0.6) is 0 Å². The molecule has 0 spiro atoms. The van der Waals surface area contributed by atoms with E-state index in [-0.39, 0.29) is 11.4 Å². The van der Waals surface area contributed by atoms with Gasteiger partial charge >= 0.3 is 0 Å². The molecule has 3 rings (SSSR count). The third-order valence-corrected chi connectivity index (χ3v) is 4.04. The minimum Gasteiger partial charge on any atom is -0.320 e. The molecule has 2 aromatic heterocycles. The fourth-order valence-electron chi connectivity index (χ4n) is 2.76. The normalized spacial score (nSPS) is 10.9. The first-order valence-corrected chi connectivity index (χ1v) is 8.13. The summed E-state index contributed by atoms with van der Waals surface area (Å²) in [6.07, 6.45) is 2.53. The molecule has 3 aromatic rings. The van der Waals surface area contributed by atoms with Gasteiger partial charge < -0.3 is 5.32 Å². The van der Waals surface area contributed by atoms with Gasteiger partial charge in [0.2, 0.25) is 0 Å². The van der Waals surface area contributed by atoms with Crippen LogP contribution in [-0.4, -0.2) is 20.2 Å². The number of hydrogen-bond acceptors (Lipinski definition) is 4. The number of carbonyl (C=O) groups is 1. The van der Waals surface area contributed by atoms with Crippen LogP contribution in [0.15, 0.2) is 36.5 Å². The molecule has 7 nitrogen and oxygen atoms in total. The highest BCUT2D eigenvalue weighted by Gasteiger charge is 2.20. The Balaban J connectivity index is 2.05. The molecule has 2 heterocycles. The molecule has 0 aliphatic rings. The smallest absolute Gasteiger partial charge is 0.274 e. The van der Waals surface area contributed by atoms with Crippen LogP contribution < -0.4 is 5.32 Å². The number of anilines is 1. The first-order valence-electron chi connectivity index (χ1n) is 8.13. The van der Waals surface area contributed by atoms with Crippen LogP contribution >= 0.6 is 0 Å². The van der Waals surface area contributed by atoms with Crippen molar-refractivity contribution >= 4 is 22.9 Å². The van der Waals surface area contributed by atoms with Gasteiger partial charge in [-0.05, 0) is 31.0 Å². The fourth-order valence-corrected chi connectivity index (χ4v) is 2.76. The number of halogens is 1. The lowest BCUT2D eigenvalue weighted by Gasteiger charge is -2.09. The zero-order valence-electron chi connectivity index (χ0n) is 14.3. The van der Waals surface area contributed by atoms with Crippen molar-refractivity contribution in [1.29, 1.82) is 0 Å². The number of nitro benzene ring substituents is 1. The van der Waals surface area contributed by atoms with E-state index in [1.807, 2.05) is 6.92 Å². The van der Waals surface area contributed by atoms with Gasteiger partial charge in [-0.25, -0.2) is 9.37 Å². The average molecular weight is 356 g/mol. The Morgan fingerprint density at radius 3 is 2.81 bits per heavy atom. The molecule has 0 bridgehead atoms. The molecule has 0 saturated heterocycles. The maximum Gasteiger partial charge on any atom is 0.274 e. The van der Waals surface area contributed by atoms with Crippen LogP contribution in [0, 0.1) is 22.9 Å². The van der Waals surface area contributed by atoms with E-state index in [9.17, 15) is 19.3 Å². The van der Waals surface area contributed by atoms with Crippen LogP contribution in [0.3, 0.4) is 0 Å². The number of rotatable bonds is 5. The number of amides is 1. The van der Waals surface area contributed by atoms with Gasteiger partial charge in [-0.1, -0.05) is 19.4 Å². The lowest BCUT2D eigenvalue weighted by atomic mass is 10.1. The molecular formula is C18H17FN4O3. The Kier molecular flexibility index (Phi) is 4.66. The highest BCUT2D eigenvalue weighted by Crippen LogP contribution is 2.24. The minimum atomic E-state index is -0.527. The number of aromatic nitrogens is 2. The maximum absolute atomic E-state index is 13.7. The van der Waals surface area contributed by atoms with Crippen LogP contribution in [0.4, 0.5) is 15.8 Å². The van der Waals surface area contributed by atoms with E-state index in [0.29, 0.717) is 29.0 Å². The fraction of sp³-hybridized carbons (Fsp3) is 0.222. The molecule has 134 valence electrons. The average Bonchev–Trinajstić information content (AvgIpc) is 2.94. The van der Waals surface area contributed by atoms with Gasteiger partial charge in [0.15, 0.2) is 0 Å². The summed E-state index contributed by atoms with van der Waals surface area (Å²) >= 11 is 0. The monoisotopic (exact) mass is 356 g/mol. The van der Waals surface area contributed by atoms with Crippen molar-refractivity contribution in [3.05, 3.63) is 69.4 Å². The molecule has 0 radical (unpaired) electrons. The van der Waals surface area contributed by atoms with E-state index >= 15 is 0 Å². The second-order valence-electron chi connectivity index (χ2n) is 5.94. The largest absolute Gasteiger partial charge is 0.320 e. The second-order valence-corrected chi connectivity index (χ2v) is 5.94. The van der Waals surface area contributed by atoms with Crippen LogP contribution in [0.1, 0.15) is 35.1 Å². The summed E-state index contributed by atoms with van der Waals surface area (Å²) in [5.41, 5.74) is 2.14. The first kappa shape index (κ1) is 17.5. The third-order valence-electron chi connectivity index (χ3n) is 4.04. The zero-order chi connectivity index (χ0) is 18.8. The van der Waals surface area contributed by atoms with Crippen molar-refractivity contribution in [2.24, 2.45) is 0 Å². The summed E-state index contributed by atoms with van der Waals surface area (Å²) in [6, 6.07) is 7.02. The molecule has 0 saturated carbocycles. The molecule has 0 fully saturated rings. The van der Waals surface area contributed by atoms with E-state index in [2.05, 4.69) is 10.3 Å². The zero-order valence-corrected chi connectivity index (χ0v) is 14.3. The Bertz CT molecular complexity index is 1010. The summed E-state index contributed by atoms with van der Waals surface area (Å²) in [4.78, 5) is 27.7. The van der Waals surface area contributed by atoms with Crippen molar-refractivity contribution in [2.45, 2.75) is 26.7 Å². The maximum atomic E-state index is 13.7. The Morgan fingerprint density at radius 2 is 2.12 bits per heavy atom. The number of non-ortho nitro benzene ring substituents is 1. The number of fused-ring (bicyclic) bond motifs is 1. The van der Waals surface area contributed by atoms with Crippen molar-refractivity contribution in [1.82, 2.24) is 9.38 Å². The molecule has 0 unspecified atom stereocenters.